The van der Waals surface area contributed by atoms with Crippen molar-refractivity contribution in [3.05, 3.63) is 63.2 Å². The van der Waals surface area contributed by atoms with E-state index in [1.54, 1.807) is 19.1 Å². The molecule has 0 aliphatic rings. The number of pyridine rings is 1. The zero-order chi connectivity index (χ0) is 20.8. The molecular formula is C20H21N3O4S. The number of nitrogens with one attached hydrogen (secondary N) is 1. The van der Waals surface area contributed by atoms with Crippen LogP contribution in [0.15, 0.2) is 34.6 Å². The number of ketones is 1. The zero-order valence-electron chi connectivity index (χ0n) is 16.0. The molecule has 0 aliphatic heterocycles. The minimum atomic E-state index is -0.607. The summed E-state index contributed by atoms with van der Waals surface area (Å²) in [6, 6.07) is 5.09. The molecule has 0 fully saturated rings. The summed E-state index contributed by atoms with van der Waals surface area (Å²) in [7, 11) is 0. The number of ether oxygens (including phenoxy) is 1. The van der Waals surface area contributed by atoms with Crippen molar-refractivity contribution in [1.82, 2.24) is 9.55 Å². The van der Waals surface area contributed by atoms with Gasteiger partial charge in [0.1, 0.15) is 6.07 Å². The van der Waals surface area contributed by atoms with E-state index in [0.717, 1.165) is 23.1 Å². The Labute approximate surface area is 167 Å². The summed E-state index contributed by atoms with van der Waals surface area (Å²) >= 11 is 0.993. The molecule has 7 nitrogen and oxygen atoms in total. The van der Waals surface area contributed by atoms with E-state index >= 15 is 0 Å². The molecule has 146 valence electrons. The van der Waals surface area contributed by atoms with Gasteiger partial charge < -0.3 is 14.3 Å². The normalized spacial score (nSPS) is 10.4. The number of allylic oxidation sites excluding steroid dienone is 1. The maximum Gasteiger partial charge on any atom is 0.316 e. The van der Waals surface area contributed by atoms with E-state index in [2.05, 4.69) is 11.6 Å². The third-order valence-electron chi connectivity index (χ3n) is 4.20. The lowest BCUT2D eigenvalue weighted by molar-refractivity contribution is -0.139. The van der Waals surface area contributed by atoms with E-state index in [4.69, 9.17) is 4.74 Å². The van der Waals surface area contributed by atoms with Gasteiger partial charge in [-0.2, -0.15) is 5.26 Å². The standard InChI is InChI=1S/C20H21N3O4S/c1-5-6-23-13(3)8-15(14(23)4)17(24)10-27-19(26)11-28-20-16(9-21)12(2)7-18(25)22-20/h5,7-8H,1,6,10-11H2,2-4H3,(H,22,25). The number of aryl methyl sites for hydroxylation is 2. The van der Waals surface area contributed by atoms with Crippen molar-refractivity contribution in [1.29, 1.82) is 5.26 Å². The smallest absolute Gasteiger partial charge is 0.316 e. The third-order valence-corrected chi connectivity index (χ3v) is 5.18. The largest absolute Gasteiger partial charge is 0.457 e. The molecule has 0 aliphatic carbocycles. The van der Waals surface area contributed by atoms with Crippen molar-refractivity contribution in [2.75, 3.05) is 12.4 Å². The Balaban J connectivity index is 1.98. The van der Waals surface area contributed by atoms with Crippen LogP contribution in [0.1, 0.15) is 32.9 Å². The molecule has 0 unspecified atom stereocenters. The van der Waals surface area contributed by atoms with E-state index in [-0.39, 0.29) is 23.7 Å². The number of aromatic amines is 1. The minimum Gasteiger partial charge on any atom is -0.457 e. The van der Waals surface area contributed by atoms with Crippen LogP contribution < -0.4 is 5.56 Å². The molecule has 2 aromatic heterocycles. The molecule has 0 atom stereocenters. The Bertz CT molecular complexity index is 1030. The molecule has 1 N–H and O–H groups in total. The van der Waals surface area contributed by atoms with E-state index in [1.165, 1.54) is 6.07 Å². The predicted molar refractivity (Wildman–Crippen MR) is 107 cm³/mol. The molecule has 28 heavy (non-hydrogen) atoms. The summed E-state index contributed by atoms with van der Waals surface area (Å²) < 4.78 is 7.02. The molecule has 2 heterocycles. The van der Waals surface area contributed by atoms with Gasteiger partial charge in [0.25, 0.3) is 0 Å². The number of hydrogen-bond acceptors (Lipinski definition) is 6. The first-order chi connectivity index (χ1) is 13.3. The monoisotopic (exact) mass is 399 g/mol. The van der Waals surface area contributed by atoms with Crippen LogP contribution in [0.2, 0.25) is 0 Å². The van der Waals surface area contributed by atoms with Crippen molar-refractivity contribution in [2.24, 2.45) is 0 Å². The molecule has 0 saturated carbocycles. The molecular weight excluding hydrogens is 378 g/mol. The van der Waals surface area contributed by atoms with Crippen LogP contribution in [0.3, 0.4) is 0 Å². The van der Waals surface area contributed by atoms with Crippen LogP contribution in [0, 0.1) is 32.1 Å². The second-order valence-corrected chi connectivity index (χ2v) is 7.17. The van der Waals surface area contributed by atoms with Gasteiger partial charge in [-0.1, -0.05) is 17.8 Å². The van der Waals surface area contributed by atoms with Crippen LogP contribution in [0.25, 0.3) is 0 Å². The fourth-order valence-electron chi connectivity index (χ4n) is 2.80. The van der Waals surface area contributed by atoms with Crippen LogP contribution in [-0.4, -0.2) is 33.7 Å². The number of hydrogen-bond donors (Lipinski definition) is 1. The number of carbonyl (C=O) groups is 2. The molecule has 2 rings (SSSR count). The SMILES string of the molecule is C=CCn1c(C)cc(C(=O)COC(=O)CSc2[nH]c(=O)cc(C)c2C#N)c1C. The van der Waals surface area contributed by atoms with Gasteiger partial charge in [-0.05, 0) is 32.4 Å². The Morgan fingerprint density at radius 1 is 1.36 bits per heavy atom. The number of H-pyrrole nitrogens is 1. The third kappa shape index (κ3) is 4.81. The van der Waals surface area contributed by atoms with Gasteiger partial charge >= 0.3 is 5.97 Å². The van der Waals surface area contributed by atoms with Crippen LogP contribution in [0.4, 0.5) is 0 Å². The molecule has 0 bridgehead atoms. The number of aromatic nitrogens is 2. The van der Waals surface area contributed by atoms with Crippen molar-refractivity contribution in [3.8, 4) is 6.07 Å². The first-order valence-electron chi connectivity index (χ1n) is 8.51. The fourth-order valence-corrected chi connectivity index (χ4v) is 3.66. The Morgan fingerprint density at radius 2 is 2.07 bits per heavy atom. The average Bonchev–Trinajstić information content (AvgIpc) is 2.92. The Morgan fingerprint density at radius 3 is 2.71 bits per heavy atom. The van der Waals surface area contributed by atoms with Crippen molar-refractivity contribution in [3.63, 3.8) is 0 Å². The van der Waals surface area contributed by atoms with E-state index in [1.807, 2.05) is 24.5 Å². The number of esters is 1. The van der Waals surface area contributed by atoms with Crippen molar-refractivity contribution in [2.45, 2.75) is 32.3 Å². The highest BCUT2D eigenvalue weighted by atomic mass is 32.2. The lowest BCUT2D eigenvalue weighted by atomic mass is 10.1. The summed E-state index contributed by atoms with van der Waals surface area (Å²) in [6.07, 6.45) is 1.75. The number of nitriles is 1. The van der Waals surface area contributed by atoms with Gasteiger partial charge in [0, 0.05) is 29.6 Å². The molecule has 0 amide bonds. The van der Waals surface area contributed by atoms with Crippen LogP contribution >= 0.6 is 11.8 Å². The highest BCUT2D eigenvalue weighted by Gasteiger charge is 2.17. The second-order valence-electron chi connectivity index (χ2n) is 6.19. The first-order valence-corrected chi connectivity index (χ1v) is 9.50. The topological polar surface area (TPSA) is 105 Å². The molecule has 0 spiro atoms. The van der Waals surface area contributed by atoms with E-state index in [9.17, 15) is 19.6 Å². The minimum absolute atomic E-state index is 0.128. The van der Waals surface area contributed by atoms with Crippen molar-refractivity contribution < 1.29 is 14.3 Å². The van der Waals surface area contributed by atoms with E-state index in [0.29, 0.717) is 28.3 Å². The summed E-state index contributed by atoms with van der Waals surface area (Å²) in [6.45, 7) is 9.30. The number of rotatable bonds is 8. The highest BCUT2D eigenvalue weighted by Crippen LogP contribution is 2.21. The first kappa shape index (κ1) is 21.3. The van der Waals surface area contributed by atoms with Gasteiger partial charge in [0.05, 0.1) is 16.3 Å². The molecule has 0 radical (unpaired) electrons. The van der Waals surface area contributed by atoms with E-state index < -0.39 is 5.97 Å². The van der Waals surface area contributed by atoms with Gasteiger partial charge in [-0.3, -0.25) is 14.4 Å². The van der Waals surface area contributed by atoms with Gasteiger partial charge in [0.2, 0.25) is 11.3 Å². The summed E-state index contributed by atoms with van der Waals surface area (Å²) in [5.41, 5.74) is 2.72. The second kappa shape index (κ2) is 9.24. The summed E-state index contributed by atoms with van der Waals surface area (Å²) in [4.78, 5) is 38.5. The maximum absolute atomic E-state index is 12.4. The van der Waals surface area contributed by atoms with Crippen LogP contribution in [-0.2, 0) is 16.1 Å². The average molecular weight is 399 g/mol. The molecule has 0 saturated heterocycles. The molecule has 8 heteroatoms. The fraction of sp³-hybridized carbons (Fsp3) is 0.300. The summed E-state index contributed by atoms with van der Waals surface area (Å²) in [5, 5.41) is 9.50. The zero-order valence-corrected chi connectivity index (χ0v) is 16.8. The number of nitrogens with zero attached hydrogens (tertiary/aromatic N) is 2. The van der Waals surface area contributed by atoms with Gasteiger partial charge in [-0.15, -0.1) is 6.58 Å². The Kier molecular flexibility index (Phi) is 7.01. The lowest BCUT2D eigenvalue weighted by Crippen LogP contribution is -2.17. The highest BCUT2D eigenvalue weighted by molar-refractivity contribution is 7.99. The lowest BCUT2D eigenvalue weighted by Gasteiger charge is -2.07. The van der Waals surface area contributed by atoms with Crippen molar-refractivity contribution >= 4 is 23.5 Å². The predicted octanol–water partition coefficient (Wildman–Crippen LogP) is 2.68. The van der Waals surface area contributed by atoms with Crippen LogP contribution in [0.5, 0.6) is 0 Å². The summed E-state index contributed by atoms with van der Waals surface area (Å²) in [5.74, 6) is -1.02. The number of carbonyl (C=O) groups excluding carboxylic acids is 2. The number of Topliss-reactive ketones (excluding diaryl/α,β-unsaturated/α-hetero) is 1. The maximum atomic E-state index is 12.4. The van der Waals surface area contributed by atoms with Gasteiger partial charge in [0.15, 0.2) is 6.61 Å². The molecule has 2 aromatic rings. The molecule has 0 aromatic carbocycles. The number of thioether (sulfide) groups is 1. The quantitative estimate of drug-likeness (QED) is 0.317. The van der Waals surface area contributed by atoms with Gasteiger partial charge in [-0.25, -0.2) is 0 Å². The Hall–Kier alpha value is -3.05.